The van der Waals surface area contributed by atoms with Gasteiger partial charge in [0.15, 0.2) is 11.6 Å². The average Bonchev–Trinajstić information content (AvgIpc) is 2.73. The molecule has 0 aliphatic heterocycles. The van der Waals surface area contributed by atoms with E-state index in [1.807, 2.05) is 30.4 Å². The van der Waals surface area contributed by atoms with E-state index in [2.05, 4.69) is 12.0 Å². The van der Waals surface area contributed by atoms with E-state index in [9.17, 15) is 4.39 Å². The summed E-state index contributed by atoms with van der Waals surface area (Å²) in [5, 5.41) is 0. The standard InChI is InChI=1S/C20H15FO.H/c1-2-7-15-8-5-9-16-10-6-13-19(17(16)14-15)22-20-12-4-3-11-18(20)21;/h1,3-6,9-14H,7-8H2;. The third-order valence-corrected chi connectivity index (χ3v) is 3.51. The zero-order valence-corrected chi connectivity index (χ0v) is 12.1. The van der Waals surface area contributed by atoms with Crippen LogP contribution in [0.15, 0.2) is 54.1 Å². The Morgan fingerprint density at radius 3 is 2.77 bits per heavy atom. The molecule has 2 heteroatoms. The average molecular weight is 291 g/mol. The Kier molecular flexibility index (Phi) is 4.07. The van der Waals surface area contributed by atoms with Gasteiger partial charge in [0.25, 0.3) is 0 Å². The first kappa shape index (κ1) is 14.2. The molecule has 3 rings (SSSR count). The first-order valence-electron chi connectivity index (χ1n) is 7.13. The third kappa shape index (κ3) is 2.94. The van der Waals surface area contributed by atoms with Crippen LogP contribution in [0.4, 0.5) is 4.39 Å². The number of hydrogen-bond acceptors (Lipinski definition) is 1. The SMILES string of the molecule is C#CCC1=Cc2c(cccc2Oc2ccccc2F)C=CC1.[H]. The summed E-state index contributed by atoms with van der Waals surface area (Å²) in [6.07, 6.45) is 13.0. The van der Waals surface area contributed by atoms with Crippen molar-refractivity contribution < 1.29 is 10.6 Å². The highest BCUT2D eigenvalue weighted by Crippen LogP contribution is 2.33. The second-order valence-electron chi connectivity index (χ2n) is 5.08. The zero-order valence-electron chi connectivity index (χ0n) is 13.1. The van der Waals surface area contributed by atoms with Crippen molar-refractivity contribution in [3.05, 3.63) is 71.1 Å². The lowest BCUT2D eigenvalue weighted by Gasteiger charge is -2.12. The van der Waals surface area contributed by atoms with Gasteiger partial charge < -0.3 is 4.74 Å². The summed E-state index contributed by atoms with van der Waals surface area (Å²) >= 11 is 0. The number of rotatable bonds is 3. The Morgan fingerprint density at radius 2 is 1.95 bits per heavy atom. The fourth-order valence-electron chi connectivity index (χ4n) is 2.45. The Hall–Kier alpha value is -2.79. The normalized spacial score (nSPS) is 12.8. The van der Waals surface area contributed by atoms with Crippen molar-refractivity contribution >= 4 is 12.2 Å². The fraction of sp³-hybridized carbons (Fsp3) is 0.100. The van der Waals surface area contributed by atoms with E-state index in [0.717, 1.165) is 23.1 Å². The molecule has 0 fully saturated rings. The van der Waals surface area contributed by atoms with Crippen molar-refractivity contribution in [3.8, 4) is 23.8 Å². The summed E-state index contributed by atoms with van der Waals surface area (Å²) < 4.78 is 19.6. The summed E-state index contributed by atoms with van der Waals surface area (Å²) in [5.74, 6) is 3.14. The first-order valence-corrected chi connectivity index (χ1v) is 7.13. The molecule has 0 unspecified atom stereocenters. The smallest absolute Gasteiger partial charge is 0.165 e. The molecule has 2 aromatic rings. The predicted molar refractivity (Wildman–Crippen MR) is 89.1 cm³/mol. The van der Waals surface area contributed by atoms with Gasteiger partial charge in [0.2, 0.25) is 0 Å². The minimum absolute atomic E-state index is 0. The lowest BCUT2D eigenvalue weighted by atomic mass is 10.0. The molecule has 0 aromatic heterocycles. The van der Waals surface area contributed by atoms with Crippen LogP contribution in [0.5, 0.6) is 11.5 Å². The molecular formula is C20H16FO. The van der Waals surface area contributed by atoms with Crippen LogP contribution < -0.4 is 4.74 Å². The molecule has 0 saturated carbocycles. The largest absolute Gasteiger partial charge is 0.454 e. The molecule has 0 atom stereocenters. The highest BCUT2D eigenvalue weighted by molar-refractivity contribution is 5.74. The van der Waals surface area contributed by atoms with Crippen LogP contribution in [-0.2, 0) is 0 Å². The van der Waals surface area contributed by atoms with Gasteiger partial charge in [-0.25, -0.2) is 4.39 Å². The number of halogens is 1. The molecule has 109 valence electrons. The number of para-hydroxylation sites is 1. The molecule has 1 aliphatic rings. The maximum atomic E-state index is 13.8. The van der Waals surface area contributed by atoms with Gasteiger partial charge in [-0.3, -0.25) is 0 Å². The molecule has 0 heterocycles. The summed E-state index contributed by atoms with van der Waals surface area (Å²) in [6, 6.07) is 12.1. The fourth-order valence-corrected chi connectivity index (χ4v) is 2.45. The Labute approximate surface area is 131 Å². The molecule has 0 saturated heterocycles. The maximum absolute atomic E-state index is 13.8. The third-order valence-electron chi connectivity index (χ3n) is 3.51. The Bertz CT molecular complexity index is 800. The summed E-state index contributed by atoms with van der Waals surface area (Å²) in [6.45, 7) is 0. The van der Waals surface area contributed by atoms with E-state index in [4.69, 9.17) is 11.2 Å². The quantitative estimate of drug-likeness (QED) is 0.673. The Morgan fingerprint density at radius 1 is 1.14 bits per heavy atom. The molecule has 0 spiro atoms. The maximum Gasteiger partial charge on any atom is 0.165 e. The number of allylic oxidation sites excluding steroid dienone is 2. The number of benzene rings is 2. The molecular weight excluding hydrogens is 275 g/mol. The predicted octanol–water partition coefficient (Wildman–Crippen LogP) is 5.55. The molecule has 0 amide bonds. The molecule has 2 aromatic carbocycles. The van der Waals surface area contributed by atoms with E-state index < -0.39 is 0 Å². The van der Waals surface area contributed by atoms with Crippen molar-refractivity contribution in [1.29, 1.82) is 0 Å². The highest BCUT2D eigenvalue weighted by atomic mass is 19.1. The van der Waals surface area contributed by atoms with Gasteiger partial charge in [-0.2, -0.15) is 0 Å². The van der Waals surface area contributed by atoms with Crippen LogP contribution in [0.1, 0.15) is 25.4 Å². The lowest BCUT2D eigenvalue weighted by Crippen LogP contribution is -1.92. The zero-order chi connectivity index (χ0) is 15.4. The van der Waals surface area contributed by atoms with Crippen molar-refractivity contribution in [3.63, 3.8) is 0 Å². The van der Waals surface area contributed by atoms with Crippen LogP contribution in [-0.4, -0.2) is 0 Å². The van der Waals surface area contributed by atoms with Crippen molar-refractivity contribution in [2.24, 2.45) is 0 Å². The summed E-state index contributed by atoms with van der Waals surface area (Å²) in [7, 11) is 0. The van der Waals surface area contributed by atoms with E-state index in [-0.39, 0.29) is 13.0 Å². The van der Waals surface area contributed by atoms with Gasteiger partial charge >= 0.3 is 0 Å². The molecule has 1 nitrogen and oxygen atoms in total. The molecule has 0 bridgehead atoms. The number of fused-ring (bicyclic) bond motifs is 1. The van der Waals surface area contributed by atoms with Gasteiger partial charge in [0, 0.05) is 13.4 Å². The molecule has 22 heavy (non-hydrogen) atoms. The second-order valence-corrected chi connectivity index (χ2v) is 5.08. The van der Waals surface area contributed by atoms with Gasteiger partial charge in [0.05, 0.1) is 0 Å². The first-order chi connectivity index (χ1) is 10.8. The highest BCUT2D eigenvalue weighted by Gasteiger charge is 2.12. The summed E-state index contributed by atoms with van der Waals surface area (Å²) in [5.41, 5.74) is 3.12. The minimum atomic E-state index is -0.378. The van der Waals surface area contributed by atoms with E-state index in [0.29, 0.717) is 12.2 Å². The Balaban J connectivity index is 0.00000192. The van der Waals surface area contributed by atoms with E-state index in [1.54, 1.807) is 18.2 Å². The van der Waals surface area contributed by atoms with Gasteiger partial charge in [-0.1, -0.05) is 48.1 Å². The lowest BCUT2D eigenvalue weighted by molar-refractivity contribution is 0.441. The van der Waals surface area contributed by atoms with Crippen molar-refractivity contribution in [2.75, 3.05) is 0 Å². The second kappa shape index (κ2) is 6.32. The number of hydrogen-bond donors (Lipinski definition) is 0. The van der Waals surface area contributed by atoms with Crippen molar-refractivity contribution in [1.82, 2.24) is 0 Å². The number of terminal acetylenes is 1. The van der Waals surface area contributed by atoms with Crippen LogP contribution >= 0.6 is 0 Å². The van der Waals surface area contributed by atoms with Gasteiger partial charge in [-0.15, -0.1) is 12.3 Å². The van der Waals surface area contributed by atoms with Gasteiger partial charge in [0.1, 0.15) is 5.75 Å². The van der Waals surface area contributed by atoms with Crippen LogP contribution in [0.25, 0.3) is 12.2 Å². The molecule has 1 aliphatic carbocycles. The number of ether oxygens (including phenoxy) is 1. The van der Waals surface area contributed by atoms with Gasteiger partial charge in [-0.05, 0) is 30.2 Å². The molecule has 0 N–H and O–H groups in total. The monoisotopic (exact) mass is 291 g/mol. The van der Waals surface area contributed by atoms with Crippen LogP contribution in [0.2, 0.25) is 0 Å². The van der Waals surface area contributed by atoms with E-state index >= 15 is 0 Å². The van der Waals surface area contributed by atoms with E-state index in [1.165, 1.54) is 6.07 Å². The summed E-state index contributed by atoms with van der Waals surface area (Å²) in [4.78, 5) is 0. The topological polar surface area (TPSA) is 9.23 Å². The van der Waals surface area contributed by atoms with Crippen molar-refractivity contribution in [2.45, 2.75) is 12.8 Å². The van der Waals surface area contributed by atoms with Crippen LogP contribution in [0.3, 0.4) is 0 Å². The molecule has 1 radical (unpaired) electrons. The minimum Gasteiger partial charge on any atom is -0.454 e. The van der Waals surface area contributed by atoms with Crippen LogP contribution in [0, 0.1) is 18.2 Å².